The number of aliphatic imine (C=N–C) groups is 1. The summed E-state index contributed by atoms with van der Waals surface area (Å²) in [6.07, 6.45) is 13.3. The van der Waals surface area contributed by atoms with Gasteiger partial charge in [0.1, 0.15) is 0 Å². The van der Waals surface area contributed by atoms with E-state index < -0.39 is 0 Å². The Labute approximate surface area is 79.3 Å². The Morgan fingerprint density at radius 3 is 3.23 bits per heavy atom. The van der Waals surface area contributed by atoms with Crippen LogP contribution in [0.15, 0.2) is 28.9 Å². The molecule has 3 aliphatic rings. The summed E-state index contributed by atoms with van der Waals surface area (Å²) in [6.45, 7) is 0. The lowest BCUT2D eigenvalue weighted by molar-refractivity contribution is 0.429. The predicted molar refractivity (Wildman–Crippen MR) is 54.7 cm³/mol. The summed E-state index contributed by atoms with van der Waals surface area (Å²) in [7, 11) is 0. The largest absolute Gasteiger partial charge is 0.262 e. The van der Waals surface area contributed by atoms with Crippen molar-refractivity contribution in [1.82, 2.24) is 0 Å². The van der Waals surface area contributed by atoms with Crippen LogP contribution in [0, 0.1) is 11.8 Å². The summed E-state index contributed by atoms with van der Waals surface area (Å²) < 4.78 is 0. The molecule has 2 unspecified atom stereocenters. The van der Waals surface area contributed by atoms with Gasteiger partial charge in [-0.3, -0.25) is 4.99 Å². The average molecular weight is 173 g/mol. The average Bonchev–Trinajstić information content (AvgIpc) is 2.56. The first kappa shape index (κ1) is 7.54. The maximum atomic E-state index is 4.76. The molecule has 0 amide bonds. The molecule has 0 aromatic rings. The molecule has 0 saturated heterocycles. The Morgan fingerprint density at radius 1 is 1.23 bits per heavy atom. The van der Waals surface area contributed by atoms with Crippen molar-refractivity contribution in [1.29, 1.82) is 0 Å². The topological polar surface area (TPSA) is 12.4 Å². The van der Waals surface area contributed by atoms with E-state index in [0.717, 1.165) is 11.8 Å². The fourth-order valence-electron chi connectivity index (χ4n) is 2.89. The van der Waals surface area contributed by atoms with Crippen molar-refractivity contribution >= 4 is 5.71 Å². The number of rotatable bonds is 0. The summed E-state index contributed by atoms with van der Waals surface area (Å²) in [4.78, 5) is 4.76. The molecular weight excluding hydrogens is 158 g/mol. The zero-order chi connectivity index (χ0) is 8.67. The second-order valence-electron chi connectivity index (χ2n) is 4.32. The van der Waals surface area contributed by atoms with Gasteiger partial charge in [0.25, 0.3) is 0 Å². The third kappa shape index (κ3) is 1.10. The van der Waals surface area contributed by atoms with Crippen LogP contribution in [0.2, 0.25) is 0 Å². The minimum absolute atomic E-state index is 0.750. The van der Waals surface area contributed by atoms with E-state index in [4.69, 9.17) is 4.99 Å². The van der Waals surface area contributed by atoms with E-state index in [1.807, 2.05) is 0 Å². The molecule has 1 nitrogen and oxygen atoms in total. The maximum absolute atomic E-state index is 4.76. The van der Waals surface area contributed by atoms with Gasteiger partial charge in [-0.05, 0) is 31.8 Å². The molecule has 0 bridgehead atoms. The maximum Gasteiger partial charge on any atom is 0.0443 e. The van der Waals surface area contributed by atoms with E-state index in [0.29, 0.717) is 0 Å². The van der Waals surface area contributed by atoms with Crippen molar-refractivity contribution in [3.63, 3.8) is 0 Å². The lowest BCUT2D eigenvalue weighted by atomic mass is 9.77. The van der Waals surface area contributed by atoms with Gasteiger partial charge < -0.3 is 0 Å². The van der Waals surface area contributed by atoms with E-state index in [-0.39, 0.29) is 0 Å². The van der Waals surface area contributed by atoms with Crippen LogP contribution in [0.5, 0.6) is 0 Å². The first-order chi connectivity index (χ1) is 6.45. The second-order valence-corrected chi connectivity index (χ2v) is 4.32. The summed E-state index contributed by atoms with van der Waals surface area (Å²) in [5.41, 5.74) is 2.87. The van der Waals surface area contributed by atoms with Crippen molar-refractivity contribution in [2.75, 3.05) is 0 Å². The number of nitrogens with zero attached hydrogens (tertiary/aromatic N) is 1. The highest BCUT2D eigenvalue weighted by molar-refractivity contribution is 5.91. The lowest BCUT2D eigenvalue weighted by Gasteiger charge is -2.25. The molecule has 68 valence electrons. The van der Waals surface area contributed by atoms with Gasteiger partial charge >= 0.3 is 0 Å². The zero-order valence-corrected chi connectivity index (χ0v) is 7.87. The predicted octanol–water partition coefficient (Wildman–Crippen LogP) is 3.09. The Morgan fingerprint density at radius 2 is 2.23 bits per heavy atom. The van der Waals surface area contributed by atoms with E-state index in [9.17, 15) is 0 Å². The quantitative estimate of drug-likeness (QED) is 0.533. The second kappa shape index (κ2) is 2.83. The molecule has 0 aromatic carbocycles. The first-order valence-corrected chi connectivity index (χ1v) is 5.39. The molecule has 13 heavy (non-hydrogen) atoms. The number of fused-ring (bicyclic) bond motifs is 3. The zero-order valence-electron chi connectivity index (χ0n) is 7.87. The molecule has 2 atom stereocenters. The summed E-state index contributed by atoms with van der Waals surface area (Å²) in [5.74, 6) is 1.56. The molecule has 1 heterocycles. The standard InChI is InChI=1S/C12H15N/c1-3-7-11-9(5-1)10-6-2-4-8-12(10)13-11/h1,3,7,9-10H,2,4-6,8H2. The molecule has 0 radical (unpaired) electrons. The molecule has 1 saturated carbocycles. The highest BCUT2D eigenvalue weighted by atomic mass is 14.8. The molecular formula is C12H15N. The summed E-state index contributed by atoms with van der Waals surface area (Å²) >= 11 is 0. The van der Waals surface area contributed by atoms with E-state index in [1.54, 1.807) is 0 Å². The summed E-state index contributed by atoms with van der Waals surface area (Å²) in [6, 6.07) is 0. The van der Waals surface area contributed by atoms with Crippen LogP contribution in [0.25, 0.3) is 0 Å². The lowest BCUT2D eigenvalue weighted by Crippen LogP contribution is -2.22. The van der Waals surface area contributed by atoms with Gasteiger partial charge in [0, 0.05) is 23.2 Å². The fraction of sp³-hybridized carbons (Fsp3) is 0.583. The molecule has 2 aliphatic carbocycles. The van der Waals surface area contributed by atoms with Gasteiger partial charge in [0.15, 0.2) is 0 Å². The third-order valence-corrected chi connectivity index (χ3v) is 3.56. The van der Waals surface area contributed by atoms with E-state index >= 15 is 0 Å². The van der Waals surface area contributed by atoms with Crippen LogP contribution in [0.3, 0.4) is 0 Å². The van der Waals surface area contributed by atoms with Crippen molar-refractivity contribution in [2.45, 2.75) is 32.1 Å². The number of allylic oxidation sites excluding steroid dienone is 4. The molecule has 3 rings (SSSR count). The molecule has 1 heteroatoms. The first-order valence-electron chi connectivity index (χ1n) is 5.39. The van der Waals surface area contributed by atoms with E-state index in [1.165, 1.54) is 43.5 Å². The molecule has 1 fully saturated rings. The van der Waals surface area contributed by atoms with Crippen LogP contribution in [0.4, 0.5) is 0 Å². The fourth-order valence-corrected chi connectivity index (χ4v) is 2.89. The minimum Gasteiger partial charge on any atom is -0.262 e. The monoisotopic (exact) mass is 173 g/mol. The molecule has 0 N–H and O–H groups in total. The Balaban J connectivity index is 1.96. The number of hydrogen-bond donors (Lipinski definition) is 0. The summed E-state index contributed by atoms with van der Waals surface area (Å²) in [5, 5.41) is 0. The van der Waals surface area contributed by atoms with Gasteiger partial charge in [0.05, 0.1) is 0 Å². The van der Waals surface area contributed by atoms with Crippen LogP contribution in [-0.2, 0) is 0 Å². The Bertz CT molecular complexity index is 309. The van der Waals surface area contributed by atoms with Crippen molar-refractivity contribution < 1.29 is 0 Å². The van der Waals surface area contributed by atoms with Gasteiger partial charge in [-0.15, -0.1) is 0 Å². The van der Waals surface area contributed by atoms with Gasteiger partial charge in [-0.25, -0.2) is 0 Å². The smallest absolute Gasteiger partial charge is 0.0443 e. The van der Waals surface area contributed by atoms with Gasteiger partial charge in [-0.1, -0.05) is 18.6 Å². The number of hydrogen-bond acceptors (Lipinski definition) is 1. The SMILES string of the molecule is C1=CCC2C(=C1)N=C1CCCCC12. The minimum atomic E-state index is 0.750. The van der Waals surface area contributed by atoms with E-state index in [2.05, 4.69) is 18.2 Å². The molecule has 1 aliphatic heterocycles. The van der Waals surface area contributed by atoms with Crippen LogP contribution < -0.4 is 0 Å². The van der Waals surface area contributed by atoms with Crippen LogP contribution in [0.1, 0.15) is 32.1 Å². The van der Waals surface area contributed by atoms with Gasteiger partial charge in [0.2, 0.25) is 0 Å². The van der Waals surface area contributed by atoms with Crippen molar-refractivity contribution in [3.8, 4) is 0 Å². The van der Waals surface area contributed by atoms with Crippen molar-refractivity contribution in [3.05, 3.63) is 23.9 Å². The normalized spacial score (nSPS) is 36.3. The van der Waals surface area contributed by atoms with Gasteiger partial charge in [-0.2, -0.15) is 0 Å². The van der Waals surface area contributed by atoms with Crippen LogP contribution in [-0.4, -0.2) is 5.71 Å². The Hall–Kier alpha value is -0.850. The molecule has 0 aromatic heterocycles. The highest BCUT2D eigenvalue weighted by Gasteiger charge is 2.35. The molecule has 0 spiro atoms. The van der Waals surface area contributed by atoms with Crippen LogP contribution >= 0.6 is 0 Å². The Kier molecular flexibility index (Phi) is 1.64. The third-order valence-electron chi connectivity index (χ3n) is 3.56. The highest BCUT2D eigenvalue weighted by Crippen LogP contribution is 2.42. The van der Waals surface area contributed by atoms with Crippen molar-refractivity contribution in [2.24, 2.45) is 16.8 Å².